The summed E-state index contributed by atoms with van der Waals surface area (Å²) in [7, 11) is 0. The predicted molar refractivity (Wildman–Crippen MR) is 77.2 cm³/mol. The molecule has 1 aromatic carbocycles. The van der Waals surface area contributed by atoms with Gasteiger partial charge in [0.2, 0.25) is 5.78 Å². The minimum atomic E-state index is 0.207. The lowest BCUT2D eigenvalue weighted by atomic mass is 9.85. The highest BCUT2D eigenvalue weighted by molar-refractivity contribution is 9.10. The number of halogens is 1. The number of hydrogen-bond donors (Lipinski definition) is 0. The molecule has 0 amide bonds. The van der Waals surface area contributed by atoms with E-state index in [9.17, 15) is 4.79 Å². The fraction of sp³-hybridized carbons (Fsp3) is 0.438. The van der Waals surface area contributed by atoms with Crippen molar-refractivity contribution in [3.63, 3.8) is 0 Å². The lowest BCUT2D eigenvalue weighted by Crippen LogP contribution is -2.20. The predicted octanol–water partition coefficient (Wildman–Crippen LogP) is 4.81. The fourth-order valence-electron chi connectivity index (χ4n) is 3.90. The molecule has 98 valence electrons. The number of Topliss-reactive ketones (excluding diaryl/α,β-unsaturated/α-hetero) is 1. The first-order chi connectivity index (χ1) is 9.22. The summed E-state index contributed by atoms with van der Waals surface area (Å²) in [6.07, 6.45) is 4.87. The number of para-hydroxylation sites is 1. The minimum Gasteiger partial charge on any atom is -0.452 e. The van der Waals surface area contributed by atoms with E-state index < -0.39 is 0 Å². The molecule has 2 aromatic rings. The fourth-order valence-corrected chi connectivity index (χ4v) is 4.36. The maximum Gasteiger partial charge on any atom is 0.201 e. The molecule has 1 heterocycles. The van der Waals surface area contributed by atoms with Crippen LogP contribution in [-0.2, 0) is 0 Å². The Balaban J connectivity index is 1.70. The molecule has 2 bridgehead atoms. The highest BCUT2D eigenvalue weighted by atomic mass is 79.9. The molecule has 3 atom stereocenters. The van der Waals surface area contributed by atoms with Gasteiger partial charge in [-0.1, -0.05) is 18.6 Å². The van der Waals surface area contributed by atoms with E-state index >= 15 is 0 Å². The van der Waals surface area contributed by atoms with Crippen molar-refractivity contribution in [1.29, 1.82) is 0 Å². The van der Waals surface area contributed by atoms with E-state index in [4.69, 9.17) is 4.42 Å². The highest BCUT2D eigenvalue weighted by Crippen LogP contribution is 2.49. The molecule has 3 unspecified atom stereocenters. The zero-order valence-corrected chi connectivity index (χ0v) is 12.2. The maximum absolute atomic E-state index is 12.6. The summed E-state index contributed by atoms with van der Waals surface area (Å²) in [5.74, 6) is 2.36. The van der Waals surface area contributed by atoms with Gasteiger partial charge in [0.15, 0.2) is 5.76 Å². The second kappa shape index (κ2) is 4.20. The lowest BCUT2D eigenvalue weighted by molar-refractivity contribution is 0.0848. The van der Waals surface area contributed by atoms with Crippen molar-refractivity contribution < 1.29 is 9.21 Å². The molecular formula is C16H15BrO2. The molecule has 1 aromatic heterocycles. The molecule has 0 radical (unpaired) electrons. The normalized spacial score (nSPS) is 29.2. The van der Waals surface area contributed by atoms with Crippen molar-refractivity contribution in [1.82, 2.24) is 0 Å². The van der Waals surface area contributed by atoms with Crippen LogP contribution in [0.25, 0.3) is 11.0 Å². The molecule has 19 heavy (non-hydrogen) atoms. The molecule has 0 N–H and O–H groups in total. The standard InChI is InChI=1S/C16H15BrO2/c17-13-3-1-2-11-8-14(19-16(11)13)15(18)12-7-9-4-5-10(12)6-9/h1-3,8-10,12H,4-7H2. The average molecular weight is 319 g/mol. The molecule has 0 spiro atoms. The van der Waals surface area contributed by atoms with Crippen LogP contribution in [-0.4, -0.2) is 5.78 Å². The number of carbonyl (C=O) groups excluding carboxylic acids is 1. The van der Waals surface area contributed by atoms with Crippen molar-refractivity contribution in [2.24, 2.45) is 17.8 Å². The highest BCUT2D eigenvalue weighted by Gasteiger charge is 2.43. The number of rotatable bonds is 2. The Morgan fingerprint density at radius 3 is 2.84 bits per heavy atom. The molecule has 2 nitrogen and oxygen atoms in total. The summed E-state index contributed by atoms with van der Waals surface area (Å²) in [6, 6.07) is 7.79. The van der Waals surface area contributed by atoms with Crippen LogP contribution in [0.3, 0.4) is 0 Å². The Labute approximate surface area is 120 Å². The Morgan fingerprint density at radius 2 is 2.16 bits per heavy atom. The number of hydrogen-bond acceptors (Lipinski definition) is 2. The summed E-state index contributed by atoms with van der Waals surface area (Å²) < 4.78 is 6.70. The number of benzene rings is 1. The maximum atomic E-state index is 12.6. The molecule has 4 rings (SSSR count). The largest absolute Gasteiger partial charge is 0.452 e. The van der Waals surface area contributed by atoms with Gasteiger partial charge in [0.25, 0.3) is 0 Å². The summed E-state index contributed by atoms with van der Waals surface area (Å²) in [5.41, 5.74) is 0.786. The Kier molecular flexibility index (Phi) is 2.59. The van der Waals surface area contributed by atoms with Gasteiger partial charge in [-0.2, -0.15) is 0 Å². The monoisotopic (exact) mass is 318 g/mol. The van der Waals surface area contributed by atoms with E-state index in [1.807, 2.05) is 24.3 Å². The van der Waals surface area contributed by atoms with Crippen LogP contribution in [0.2, 0.25) is 0 Å². The minimum absolute atomic E-state index is 0.207. The van der Waals surface area contributed by atoms with E-state index in [1.54, 1.807) is 0 Å². The number of ketones is 1. The quantitative estimate of drug-likeness (QED) is 0.743. The van der Waals surface area contributed by atoms with Crippen LogP contribution in [0.15, 0.2) is 33.2 Å². The van der Waals surface area contributed by atoms with Gasteiger partial charge < -0.3 is 4.42 Å². The Bertz CT molecular complexity index is 658. The summed E-state index contributed by atoms with van der Waals surface area (Å²) in [5, 5.41) is 1.00. The smallest absolute Gasteiger partial charge is 0.201 e. The zero-order chi connectivity index (χ0) is 13.0. The van der Waals surface area contributed by atoms with E-state index in [0.29, 0.717) is 11.7 Å². The summed E-state index contributed by atoms with van der Waals surface area (Å²) >= 11 is 3.47. The third kappa shape index (κ3) is 1.78. The molecule has 0 saturated heterocycles. The van der Waals surface area contributed by atoms with E-state index in [-0.39, 0.29) is 11.7 Å². The summed E-state index contributed by atoms with van der Waals surface area (Å²) in [6.45, 7) is 0. The van der Waals surface area contributed by atoms with Gasteiger partial charge in [-0.05, 0) is 59.2 Å². The van der Waals surface area contributed by atoms with E-state index in [2.05, 4.69) is 15.9 Å². The molecule has 2 saturated carbocycles. The van der Waals surface area contributed by atoms with Crippen LogP contribution in [0.1, 0.15) is 36.2 Å². The molecule has 2 aliphatic rings. The molecule has 3 heteroatoms. The first kappa shape index (κ1) is 11.7. The molecular weight excluding hydrogens is 304 g/mol. The van der Waals surface area contributed by atoms with Gasteiger partial charge in [-0.3, -0.25) is 4.79 Å². The molecule has 0 aliphatic heterocycles. The van der Waals surface area contributed by atoms with Crippen LogP contribution in [0, 0.1) is 17.8 Å². The van der Waals surface area contributed by atoms with Gasteiger partial charge in [-0.25, -0.2) is 0 Å². The first-order valence-corrected chi connectivity index (χ1v) is 7.74. The van der Waals surface area contributed by atoms with E-state index in [0.717, 1.165) is 27.8 Å². The van der Waals surface area contributed by atoms with Crippen molar-refractivity contribution in [2.45, 2.75) is 25.7 Å². The molecule has 2 aliphatic carbocycles. The van der Waals surface area contributed by atoms with Gasteiger partial charge in [-0.15, -0.1) is 0 Å². The first-order valence-electron chi connectivity index (χ1n) is 6.94. The van der Waals surface area contributed by atoms with Crippen molar-refractivity contribution in [3.05, 3.63) is 34.5 Å². The van der Waals surface area contributed by atoms with Crippen LogP contribution in [0.4, 0.5) is 0 Å². The van der Waals surface area contributed by atoms with Crippen molar-refractivity contribution in [2.75, 3.05) is 0 Å². The lowest BCUT2D eigenvalue weighted by Gasteiger charge is -2.18. The Morgan fingerprint density at radius 1 is 1.26 bits per heavy atom. The third-order valence-corrected chi connectivity index (χ3v) is 5.44. The second-order valence-electron chi connectivity index (χ2n) is 5.91. The van der Waals surface area contributed by atoms with Gasteiger partial charge in [0.1, 0.15) is 5.58 Å². The molecule has 2 fully saturated rings. The Hall–Kier alpha value is -1.09. The number of fused-ring (bicyclic) bond motifs is 3. The topological polar surface area (TPSA) is 30.2 Å². The SMILES string of the molecule is O=C(c1cc2cccc(Br)c2o1)C1CC2CCC1C2. The van der Waals surface area contributed by atoms with Crippen LogP contribution < -0.4 is 0 Å². The van der Waals surface area contributed by atoms with Gasteiger partial charge >= 0.3 is 0 Å². The van der Waals surface area contributed by atoms with Crippen LogP contribution in [0.5, 0.6) is 0 Å². The summed E-state index contributed by atoms with van der Waals surface area (Å²) in [4.78, 5) is 12.6. The number of furan rings is 1. The average Bonchev–Trinajstić information content (AvgIpc) is 3.12. The third-order valence-electron chi connectivity index (χ3n) is 4.81. The van der Waals surface area contributed by atoms with E-state index in [1.165, 1.54) is 19.3 Å². The van der Waals surface area contributed by atoms with Crippen molar-refractivity contribution in [3.8, 4) is 0 Å². The van der Waals surface area contributed by atoms with Crippen LogP contribution >= 0.6 is 15.9 Å². The van der Waals surface area contributed by atoms with Crippen molar-refractivity contribution >= 4 is 32.7 Å². The number of carbonyl (C=O) groups is 1. The van der Waals surface area contributed by atoms with Gasteiger partial charge in [0.05, 0.1) is 4.47 Å². The second-order valence-corrected chi connectivity index (χ2v) is 6.77. The zero-order valence-electron chi connectivity index (χ0n) is 10.6. The van der Waals surface area contributed by atoms with Gasteiger partial charge in [0, 0.05) is 11.3 Å².